The number of furan rings is 1. The quantitative estimate of drug-likeness (QED) is 0.421. The third kappa shape index (κ3) is 4.69. The van der Waals surface area contributed by atoms with Crippen molar-refractivity contribution < 1.29 is 37.8 Å². The minimum atomic E-state index is -1.06. The lowest BCUT2D eigenvalue weighted by molar-refractivity contribution is -0.194. The van der Waals surface area contributed by atoms with Gasteiger partial charge in [-0.25, -0.2) is 0 Å². The smallest absolute Gasteiger partial charge is 0.309 e. The van der Waals surface area contributed by atoms with Gasteiger partial charge in [-0.05, 0) is 48.6 Å². The average Bonchev–Trinajstić information content (AvgIpc) is 3.44. The molecule has 8 heteroatoms. The van der Waals surface area contributed by atoms with Crippen molar-refractivity contribution in [2.45, 2.75) is 57.7 Å². The van der Waals surface area contributed by atoms with E-state index in [9.17, 15) is 19.2 Å². The maximum atomic E-state index is 14.0. The first kappa shape index (κ1) is 25.2. The summed E-state index contributed by atoms with van der Waals surface area (Å²) >= 11 is 0. The minimum Gasteiger partial charge on any atom is -0.472 e. The molecular weight excluding hydrogens is 476 g/mol. The van der Waals surface area contributed by atoms with Crippen LogP contribution in [-0.4, -0.2) is 36.9 Å². The molecule has 2 aliphatic carbocycles. The van der Waals surface area contributed by atoms with Gasteiger partial charge in [0.25, 0.3) is 0 Å². The van der Waals surface area contributed by atoms with Gasteiger partial charge in [0.1, 0.15) is 6.10 Å². The van der Waals surface area contributed by atoms with E-state index >= 15 is 0 Å². The Hall–Kier alpha value is -3.42. The molecule has 0 spiro atoms. The fourth-order valence-corrected chi connectivity index (χ4v) is 6.78. The summed E-state index contributed by atoms with van der Waals surface area (Å²) in [4.78, 5) is 52.8. The van der Waals surface area contributed by atoms with Gasteiger partial charge in [0.05, 0.1) is 31.5 Å². The lowest BCUT2D eigenvalue weighted by Gasteiger charge is -2.56. The molecule has 0 bridgehead atoms. The van der Waals surface area contributed by atoms with Crippen molar-refractivity contribution in [2.24, 2.45) is 29.1 Å². The fraction of sp³-hybridized carbons (Fsp3) is 0.517. The van der Waals surface area contributed by atoms with E-state index in [1.807, 2.05) is 37.3 Å². The van der Waals surface area contributed by atoms with E-state index in [0.29, 0.717) is 25.7 Å². The summed E-state index contributed by atoms with van der Waals surface area (Å²) in [7, 11) is 1.33. The predicted octanol–water partition coefficient (Wildman–Crippen LogP) is 4.22. The largest absolute Gasteiger partial charge is 0.472 e. The second kappa shape index (κ2) is 10.1. The number of benzene rings is 1. The number of hydrogen-bond donors (Lipinski definition) is 0. The van der Waals surface area contributed by atoms with Crippen LogP contribution in [0.15, 0.2) is 53.3 Å². The molecule has 2 aromatic rings. The molecule has 0 N–H and O–H groups in total. The first-order valence-corrected chi connectivity index (χ1v) is 12.9. The van der Waals surface area contributed by atoms with Gasteiger partial charge in [-0.3, -0.25) is 19.2 Å². The molecule has 5 rings (SSSR count). The molecule has 7 atom stereocenters. The molecular formula is C29H32O8. The number of esters is 3. The molecule has 37 heavy (non-hydrogen) atoms. The Balaban J connectivity index is 1.40. The van der Waals surface area contributed by atoms with Crippen molar-refractivity contribution in [1.29, 1.82) is 0 Å². The van der Waals surface area contributed by atoms with Crippen LogP contribution >= 0.6 is 0 Å². The molecule has 0 radical (unpaired) electrons. The Labute approximate surface area is 215 Å². The summed E-state index contributed by atoms with van der Waals surface area (Å²) in [5, 5.41) is 0. The summed E-state index contributed by atoms with van der Waals surface area (Å²) in [6, 6.07) is 11.3. The SMILES string of the molecule is COC(=O)[C@@H]1C[C@H](OC(=O)CCc2ccccc2)C(=O)[C@@H]2[C@H]3C[C@@H](c4ccoc4)OC(=O)[C@@H]3CC[C@]21C. The van der Waals surface area contributed by atoms with E-state index in [1.54, 1.807) is 6.07 Å². The van der Waals surface area contributed by atoms with Gasteiger partial charge in [0, 0.05) is 24.3 Å². The van der Waals surface area contributed by atoms with E-state index in [4.69, 9.17) is 18.6 Å². The lowest BCUT2D eigenvalue weighted by atomic mass is 9.48. The van der Waals surface area contributed by atoms with Crippen LogP contribution in [0.5, 0.6) is 0 Å². The topological polar surface area (TPSA) is 109 Å². The number of methoxy groups -OCH3 is 1. The van der Waals surface area contributed by atoms with Gasteiger partial charge < -0.3 is 18.6 Å². The number of ketones is 1. The summed E-state index contributed by atoms with van der Waals surface area (Å²) in [5.41, 5.74) is 1.02. The molecule has 1 aromatic carbocycles. The van der Waals surface area contributed by atoms with Gasteiger partial charge in [-0.15, -0.1) is 0 Å². The molecule has 1 saturated heterocycles. The summed E-state index contributed by atoms with van der Waals surface area (Å²) < 4.78 is 21.8. The van der Waals surface area contributed by atoms with Gasteiger partial charge in [-0.2, -0.15) is 0 Å². The van der Waals surface area contributed by atoms with Crippen LogP contribution in [0.1, 0.15) is 56.3 Å². The summed E-state index contributed by atoms with van der Waals surface area (Å²) in [6.07, 6.45) is 3.63. The normalized spacial score (nSPS) is 33.0. The van der Waals surface area contributed by atoms with Crippen LogP contribution < -0.4 is 0 Å². The number of aryl methyl sites for hydroxylation is 1. The van der Waals surface area contributed by atoms with Crippen LogP contribution in [0.3, 0.4) is 0 Å². The standard InChI is InChI=1S/C29H32O8/c1-29-12-10-19-20(14-22(37-27(19)32)18-11-13-35-16-18)25(29)26(31)23(15-21(29)28(33)34-2)36-24(30)9-8-17-6-4-3-5-7-17/h3-7,11,13,16,19-23,25H,8-10,12,14-15H2,1-2H3/t19-,20+,21+,22+,23+,25+,29+/m1/s1. The van der Waals surface area contributed by atoms with E-state index in [-0.39, 0.29) is 30.5 Å². The van der Waals surface area contributed by atoms with Crippen molar-refractivity contribution in [3.8, 4) is 0 Å². The highest BCUT2D eigenvalue weighted by Gasteiger charge is 2.63. The van der Waals surface area contributed by atoms with Gasteiger partial charge in [-0.1, -0.05) is 37.3 Å². The number of ether oxygens (including phenoxy) is 3. The van der Waals surface area contributed by atoms with E-state index in [1.165, 1.54) is 19.6 Å². The Morgan fingerprint density at radius 2 is 1.89 bits per heavy atom. The number of carbonyl (C=O) groups excluding carboxylic acids is 4. The second-order valence-corrected chi connectivity index (χ2v) is 10.7. The number of rotatable bonds is 6. The molecule has 8 nitrogen and oxygen atoms in total. The van der Waals surface area contributed by atoms with Crippen LogP contribution in [0, 0.1) is 29.1 Å². The van der Waals surface area contributed by atoms with Crippen molar-refractivity contribution in [1.82, 2.24) is 0 Å². The average molecular weight is 509 g/mol. The monoisotopic (exact) mass is 508 g/mol. The first-order valence-electron chi connectivity index (χ1n) is 12.9. The van der Waals surface area contributed by atoms with E-state index in [2.05, 4.69) is 0 Å². The van der Waals surface area contributed by atoms with E-state index in [0.717, 1.165) is 11.1 Å². The Bertz CT molecular complexity index is 1160. The highest BCUT2D eigenvalue weighted by molar-refractivity contribution is 5.92. The molecule has 0 amide bonds. The number of cyclic esters (lactones) is 1. The zero-order valence-corrected chi connectivity index (χ0v) is 21.1. The van der Waals surface area contributed by atoms with Crippen LogP contribution in [-0.2, 0) is 39.8 Å². The molecule has 1 aromatic heterocycles. The highest BCUT2D eigenvalue weighted by Crippen LogP contribution is 2.59. The van der Waals surface area contributed by atoms with Crippen molar-refractivity contribution >= 4 is 23.7 Å². The number of carbonyl (C=O) groups is 4. The predicted molar refractivity (Wildman–Crippen MR) is 130 cm³/mol. The molecule has 2 saturated carbocycles. The zero-order valence-electron chi connectivity index (χ0n) is 21.1. The van der Waals surface area contributed by atoms with Gasteiger partial charge >= 0.3 is 17.9 Å². The molecule has 1 aliphatic heterocycles. The molecule has 196 valence electrons. The fourth-order valence-electron chi connectivity index (χ4n) is 6.78. The van der Waals surface area contributed by atoms with Gasteiger partial charge in [0.2, 0.25) is 0 Å². The lowest BCUT2D eigenvalue weighted by Crippen LogP contribution is -2.61. The Morgan fingerprint density at radius 1 is 1.11 bits per heavy atom. The van der Waals surface area contributed by atoms with Crippen LogP contribution in [0.2, 0.25) is 0 Å². The molecule has 3 aliphatic rings. The van der Waals surface area contributed by atoms with Crippen molar-refractivity contribution in [3.05, 3.63) is 60.1 Å². The minimum absolute atomic E-state index is 0.0859. The van der Waals surface area contributed by atoms with Crippen LogP contribution in [0.25, 0.3) is 0 Å². The Morgan fingerprint density at radius 3 is 2.59 bits per heavy atom. The molecule has 3 fully saturated rings. The van der Waals surface area contributed by atoms with E-state index < -0.39 is 47.3 Å². The number of fused-ring (bicyclic) bond motifs is 3. The first-order chi connectivity index (χ1) is 17.8. The van der Waals surface area contributed by atoms with Crippen molar-refractivity contribution in [2.75, 3.05) is 7.11 Å². The molecule has 0 unspecified atom stereocenters. The second-order valence-electron chi connectivity index (χ2n) is 10.7. The third-order valence-corrected chi connectivity index (χ3v) is 8.70. The maximum Gasteiger partial charge on any atom is 0.309 e. The Kier molecular flexibility index (Phi) is 6.92. The van der Waals surface area contributed by atoms with Crippen LogP contribution in [0.4, 0.5) is 0 Å². The summed E-state index contributed by atoms with van der Waals surface area (Å²) in [5.74, 6) is -3.52. The maximum absolute atomic E-state index is 14.0. The van der Waals surface area contributed by atoms with Gasteiger partial charge in [0.15, 0.2) is 11.9 Å². The molecule has 2 heterocycles. The zero-order chi connectivity index (χ0) is 26.2. The highest BCUT2D eigenvalue weighted by atomic mass is 16.6. The number of hydrogen-bond acceptors (Lipinski definition) is 8. The van der Waals surface area contributed by atoms with Crippen molar-refractivity contribution in [3.63, 3.8) is 0 Å². The third-order valence-electron chi connectivity index (χ3n) is 8.70. The summed E-state index contributed by atoms with van der Waals surface area (Å²) in [6.45, 7) is 1.94. The number of Topliss-reactive ketones (excluding diaryl/α,β-unsaturated/α-hetero) is 1.